The van der Waals surface area contributed by atoms with Gasteiger partial charge in [0, 0.05) is 29.0 Å². The minimum Gasteiger partial charge on any atom is -0.497 e. The molecular weight excluding hydrogens is 360 g/mol. The van der Waals surface area contributed by atoms with Crippen LogP contribution in [0.25, 0.3) is 10.6 Å². The highest BCUT2D eigenvalue weighted by atomic mass is 32.1. The number of hydrogen-bond donors (Lipinski definition) is 0. The van der Waals surface area contributed by atoms with E-state index in [0.29, 0.717) is 18.7 Å². The maximum atomic E-state index is 12.8. The van der Waals surface area contributed by atoms with Crippen LogP contribution in [0.1, 0.15) is 20.9 Å². The number of amides is 1. The first-order valence-electron chi connectivity index (χ1n) is 8.74. The number of benzene rings is 2. The SMILES string of the molecule is COc1ccc(C(=O)N2CCc3nc(-c4ccc(OC)cc4)sc3C2)cc1. The predicted molar refractivity (Wildman–Crippen MR) is 106 cm³/mol. The fourth-order valence-electron chi connectivity index (χ4n) is 3.14. The van der Waals surface area contributed by atoms with E-state index in [1.165, 1.54) is 0 Å². The number of carbonyl (C=O) groups is 1. The number of fused-ring (bicyclic) bond motifs is 1. The summed E-state index contributed by atoms with van der Waals surface area (Å²) < 4.78 is 10.4. The lowest BCUT2D eigenvalue weighted by Gasteiger charge is -2.26. The van der Waals surface area contributed by atoms with Gasteiger partial charge in [0.1, 0.15) is 16.5 Å². The summed E-state index contributed by atoms with van der Waals surface area (Å²) in [4.78, 5) is 20.7. The van der Waals surface area contributed by atoms with Gasteiger partial charge < -0.3 is 14.4 Å². The van der Waals surface area contributed by atoms with Crippen LogP contribution in [-0.4, -0.2) is 36.6 Å². The van der Waals surface area contributed by atoms with E-state index in [9.17, 15) is 4.79 Å². The van der Waals surface area contributed by atoms with Crippen molar-refractivity contribution in [3.05, 3.63) is 64.7 Å². The molecule has 5 nitrogen and oxygen atoms in total. The molecule has 0 saturated carbocycles. The number of carbonyl (C=O) groups excluding carboxylic acids is 1. The Bertz CT molecular complexity index is 949. The van der Waals surface area contributed by atoms with Crippen molar-refractivity contribution < 1.29 is 14.3 Å². The molecule has 1 aliphatic heterocycles. The van der Waals surface area contributed by atoms with E-state index in [1.807, 2.05) is 53.4 Å². The van der Waals surface area contributed by atoms with Crippen molar-refractivity contribution in [2.75, 3.05) is 20.8 Å². The monoisotopic (exact) mass is 380 g/mol. The van der Waals surface area contributed by atoms with Crippen LogP contribution in [0.15, 0.2) is 48.5 Å². The molecule has 27 heavy (non-hydrogen) atoms. The van der Waals surface area contributed by atoms with E-state index in [-0.39, 0.29) is 5.91 Å². The number of thiazole rings is 1. The largest absolute Gasteiger partial charge is 0.497 e. The summed E-state index contributed by atoms with van der Waals surface area (Å²) >= 11 is 1.66. The van der Waals surface area contributed by atoms with Crippen LogP contribution in [0.2, 0.25) is 0 Å². The molecule has 0 atom stereocenters. The molecule has 0 radical (unpaired) electrons. The van der Waals surface area contributed by atoms with Gasteiger partial charge in [-0.1, -0.05) is 0 Å². The molecule has 1 amide bonds. The lowest BCUT2D eigenvalue weighted by Crippen LogP contribution is -2.35. The van der Waals surface area contributed by atoms with Crippen LogP contribution in [0, 0.1) is 0 Å². The van der Waals surface area contributed by atoms with Crippen molar-refractivity contribution in [3.63, 3.8) is 0 Å². The van der Waals surface area contributed by atoms with Crippen LogP contribution in [0.4, 0.5) is 0 Å². The minimum atomic E-state index is 0.0442. The topological polar surface area (TPSA) is 51.7 Å². The first kappa shape index (κ1) is 17.5. The average molecular weight is 380 g/mol. The Hall–Kier alpha value is -2.86. The summed E-state index contributed by atoms with van der Waals surface area (Å²) in [6, 6.07) is 15.2. The lowest BCUT2D eigenvalue weighted by molar-refractivity contribution is 0.0736. The molecule has 3 aromatic rings. The minimum absolute atomic E-state index is 0.0442. The number of rotatable bonds is 4. The highest BCUT2D eigenvalue weighted by Gasteiger charge is 2.25. The Balaban J connectivity index is 1.52. The summed E-state index contributed by atoms with van der Waals surface area (Å²) in [5.41, 5.74) is 2.85. The normalized spacial score (nSPS) is 13.2. The van der Waals surface area contributed by atoms with E-state index in [1.54, 1.807) is 25.6 Å². The Kier molecular flexibility index (Phi) is 4.81. The van der Waals surface area contributed by atoms with Crippen molar-refractivity contribution in [2.45, 2.75) is 13.0 Å². The molecule has 1 aliphatic rings. The summed E-state index contributed by atoms with van der Waals surface area (Å²) in [7, 11) is 3.28. The number of ether oxygens (including phenoxy) is 2. The molecule has 4 rings (SSSR count). The van der Waals surface area contributed by atoms with Gasteiger partial charge in [-0.2, -0.15) is 0 Å². The van der Waals surface area contributed by atoms with Crippen molar-refractivity contribution in [1.82, 2.24) is 9.88 Å². The second-order valence-corrected chi connectivity index (χ2v) is 7.41. The van der Waals surface area contributed by atoms with Crippen molar-refractivity contribution >= 4 is 17.2 Å². The molecule has 0 N–H and O–H groups in total. The third kappa shape index (κ3) is 3.53. The van der Waals surface area contributed by atoms with Crippen LogP contribution in [-0.2, 0) is 13.0 Å². The molecule has 0 saturated heterocycles. The molecule has 0 unspecified atom stereocenters. The van der Waals surface area contributed by atoms with Crippen LogP contribution in [0.5, 0.6) is 11.5 Å². The first-order chi connectivity index (χ1) is 13.2. The van der Waals surface area contributed by atoms with Gasteiger partial charge >= 0.3 is 0 Å². The third-order valence-corrected chi connectivity index (χ3v) is 5.82. The second-order valence-electron chi connectivity index (χ2n) is 6.32. The molecule has 6 heteroatoms. The molecule has 2 aromatic carbocycles. The van der Waals surface area contributed by atoms with Gasteiger partial charge in [-0.3, -0.25) is 4.79 Å². The Morgan fingerprint density at radius 3 is 2.26 bits per heavy atom. The molecule has 2 heterocycles. The molecule has 1 aromatic heterocycles. The number of aromatic nitrogens is 1. The van der Waals surface area contributed by atoms with Gasteiger partial charge in [0.05, 0.1) is 26.5 Å². The van der Waals surface area contributed by atoms with E-state index in [0.717, 1.165) is 39.1 Å². The number of methoxy groups -OCH3 is 2. The molecule has 0 spiro atoms. The zero-order chi connectivity index (χ0) is 18.8. The van der Waals surface area contributed by atoms with Crippen LogP contribution in [0.3, 0.4) is 0 Å². The maximum Gasteiger partial charge on any atom is 0.254 e. The van der Waals surface area contributed by atoms with Gasteiger partial charge in [0.2, 0.25) is 0 Å². The molecular formula is C21H20N2O3S. The van der Waals surface area contributed by atoms with Gasteiger partial charge in [0.25, 0.3) is 5.91 Å². The lowest BCUT2D eigenvalue weighted by atomic mass is 10.1. The van der Waals surface area contributed by atoms with Gasteiger partial charge in [-0.15, -0.1) is 11.3 Å². The summed E-state index contributed by atoms with van der Waals surface area (Å²) in [6.07, 6.45) is 0.782. The first-order valence-corrected chi connectivity index (χ1v) is 9.56. The summed E-state index contributed by atoms with van der Waals surface area (Å²) in [5, 5.41) is 0.987. The molecule has 138 valence electrons. The van der Waals surface area contributed by atoms with Gasteiger partial charge in [-0.25, -0.2) is 4.98 Å². The maximum absolute atomic E-state index is 12.8. The third-order valence-electron chi connectivity index (χ3n) is 4.69. The quantitative estimate of drug-likeness (QED) is 0.686. The van der Waals surface area contributed by atoms with Crippen LogP contribution < -0.4 is 9.47 Å². The molecule has 0 aliphatic carbocycles. The highest BCUT2D eigenvalue weighted by molar-refractivity contribution is 7.15. The van der Waals surface area contributed by atoms with E-state index in [4.69, 9.17) is 14.5 Å². The Labute approximate surface area is 162 Å². The Morgan fingerprint density at radius 2 is 1.63 bits per heavy atom. The molecule has 0 bridgehead atoms. The summed E-state index contributed by atoms with van der Waals surface area (Å²) in [6.45, 7) is 1.29. The van der Waals surface area contributed by atoms with Gasteiger partial charge in [-0.05, 0) is 48.5 Å². The average Bonchev–Trinajstić information content (AvgIpc) is 3.16. The number of nitrogens with zero attached hydrogens (tertiary/aromatic N) is 2. The van der Waals surface area contributed by atoms with Crippen molar-refractivity contribution in [2.24, 2.45) is 0 Å². The zero-order valence-electron chi connectivity index (χ0n) is 15.3. The van der Waals surface area contributed by atoms with E-state index < -0.39 is 0 Å². The van der Waals surface area contributed by atoms with Crippen molar-refractivity contribution in [3.8, 4) is 22.1 Å². The van der Waals surface area contributed by atoms with E-state index in [2.05, 4.69) is 0 Å². The predicted octanol–water partition coefficient (Wildman–Crippen LogP) is 4.03. The van der Waals surface area contributed by atoms with E-state index >= 15 is 0 Å². The highest BCUT2D eigenvalue weighted by Crippen LogP contribution is 2.33. The van der Waals surface area contributed by atoms with Crippen molar-refractivity contribution in [1.29, 1.82) is 0 Å². The van der Waals surface area contributed by atoms with Crippen LogP contribution >= 0.6 is 11.3 Å². The fourth-order valence-corrected chi connectivity index (χ4v) is 4.27. The standard InChI is InChI=1S/C21H20N2O3S/c1-25-16-7-3-14(4-8-16)20-22-18-11-12-23(13-19(18)27-20)21(24)15-5-9-17(26-2)10-6-15/h3-10H,11-13H2,1-2H3. The van der Waals surface area contributed by atoms with Gasteiger partial charge in [0.15, 0.2) is 0 Å². The zero-order valence-corrected chi connectivity index (χ0v) is 16.1. The summed E-state index contributed by atoms with van der Waals surface area (Å²) in [5.74, 6) is 1.62. The molecule has 0 fully saturated rings. The smallest absolute Gasteiger partial charge is 0.254 e. The second kappa shape index (κ2) is 7.40. The number of hydrogen-bond acceptors (Lipinski definition) is 5. The Morgan fingerprint density at radius 1 is 1.00 bits per heavy atom. The fraction of sp³-hybridized carbons (Fsp3) is 0.238.